The molecule has 2 atom stereocenters. The zero-order valence-corrected chi connectivity index (χ0v) is 13.9. The van der Waals surface area contributed by atoms with E-state index >= 15 is 0 Å². The number of amides is 1. The number of fused-ring (bicyclic) bond motifs is 2. The molecule has 3 nitrogen and oxygen atoms in total. The molecule has 1 aliphatic heterocycles. The van der Waals surface area contributed by atoms with E-state index in [9.17, 15) is 9.59 Å². The van der Waals surface area contributed by atoms with E-state index < -0.39 is 5.92 Å². The first-order valence-corrected chi connectivity index (χ1v) is 8.32. The number of rotatable bonds is 2. The van der Waals surface area contributed by atoms with Gasteiger partial charge in [-0.25, -0.2) is 0 Å². The molecule has 1 aliphatic carbocycles. The molecule has 0 bridgehead atoms. The number of benzene rings is 2. The molecule has 0 saturated carbocycles. The van der Waals surface area contributed by atoms with Crippen LogP contribution in [-0.2, 0) is 16.0 Å². The third-order valence-electron chi connectivity index (χ3n) is 4.90. The van der Waals surface area contributed by atoms with E-state index in [0.717, 1.165) is 28.8 Å². The number of carbonyl (C=O) groups is 2. The average molecular weight is 338 g/mol. The molecule has 2 aliphatic rings. The van der Waals surface area contributed by atoms with E-state index in [4.69, 9.17) is 11.6 Å². The number of halogens is 1. The molecule has 2 aromatic rings. The molecule has 24 heavy (non-hydrogen) atoms. The Morgan fingerprint density at radius 2 is 1.83 bits per heavy atom. The summed E-state index contributed by atoms with van der Waals surface area (Å²) in [5, 5.41) is 3.61. The summed E-state index contributed by atoms with van der Waals surface area (Å²) in [5.41, 5.74) is 5.17. The molecule has 120 valence electrons. The number of hydrogen-bond donors (Lipinski definition) is 1. The van der Waals surface area contributed by atoms with E-state index in [1.54, 1.807) is 0 Å². The van der Waals surface area contributed by atoms with Crippen molar-refractivity contribution < 1.29 is 9.59 Å². The summed E-state index contributed by atoms with van der Waals surface area (Å²) in [5.74, 6) is -1.27. The summed E-state index contributed by atoms with van der Waals surface area (Å²) in [4.78, 5) is 24.9. The van der Waals surface area contributed by atoms with E-state index in [1.807, 2.05) is 42.5 Å². The van der Waals surface area contributed by atoms with Gasteiger partial charge in [0.15, 0.2) is 0 Å². The second kappa shape index (κ2) is 5.60. The molecule has 0 fully saturated rings. The summed E-state index contributed by atoms with van der Waals surface area (Å²) in [6, 6.07) is 15.5. The molecule has 2 unspecified atom stereocenters. The molecule has 4 heteroatoms. The van der Waals surface area contributed by atoms with Crippen molar-refractivity contribution >= 4 is 29.0 Å². The highest BCUT2D eigenvalue weighted by atomic mass is 35.5. The van der Waals surface area contributed by atoms with Crippen LogP contribution in [0.2, 0.25) is 5.02 Å². The summed E-state index contributed by atoms with van der Waals surface area (Å²) in [6.07, 6.45) is 0.753. The smallest absolute Gasteiger partial charge is 0.235 e. The van der Waals surface area contributed by atoms with Gasteiger partial charge >= 0.3 is 0 Å². The van der Waals surface area contributed by atoms with Crippen LogP contribution in [0, 0.1) is 5.92 Å². The summed E-state index contributed by atoms with van der Waals surface area (Å²) < 4.78 is 0. The standard InChI is InChI=1S/C20H16ClNO2/c1-11(23)17-18(12-6-8-14(21)9-7-12)16-10-13-4-2-3-5-15(13)19(16)22-20(17)24/h2-9,17-18H,10H2,1H3,(H,22,24). The number of Topliss-reactive ketones (excluding diaryl/α,β-unsaturated/α-hetero) is 1. The van der Waals surface area contributed by atoms with Crippen molar-refractivity contribution in [3.63, 3.8) is 0 Å². The Balaban J connectivity index is 1.89. The van der Waals surface area contributed by atoms with Gasteiger partial charge in [-0.2, -0.15) is 0 Å². The highest BCUT2D eigenvalue weighted by Gasteiger charge is 2.43. The van der Waals surface area contributed by atoms with Crippen LogP contribution in [0.25, 0.3) is 5.70 Å². The van der Waals surface area contributed by atoms with Gasteiger partial charge in [0, 0.05) is 22.2 Å². The van der Waals surface area contributed by atoms with Crippen molar-refractivity contribution in [3.05, 3.63) is 75.8 Å². The summed E-state index contributed by atoms with van der Waals surface area (Å²) >= 11 is 6.00. The average Bonchev–Trinajstić information content (AvgIpc) is 2.92. The first-order valence-electron chi connectivity index (χ1n) is 7.94. The van der Waals surface area contributed by atoms with Crippen LogP contribution in [0.5, 0.6) is 0 Å². The molecule has 2 aromatic carbocycles. The highest BCUT2D eigenvalue weighted by molar-refractivity contribution is 6.30. The molecular weight excluding hydrogens is 322 g/mol. The number of ketones is 1. The van der Waals surface area contributed by atoms with Crippen LogP contribution in [0.15, 0.2) is 54.1 Å². The molecule has 1 N–H and O–H groups in total. The van der Waals surface area contributed by atoms with Gasteiger partial charge in [-0.05, 0) is 42.2 Å². The predicted octanol–water partition coefficient (Wildman–Crippen LogP) is 3.73. The monoisotopic (exact) mass is 337 g/mol. The number of allylic oxidation sites excluding steroid dienone is 1. The van der Waals surface area contributed by atoms with Gasteiger partial charge in [0.1, 0.15) is 11.7 Å². The van der Waals surface area contributed by atoms with E-state index in [2.05, 4.69) is 11.4 Å². The Bertz CT molecular complexity index is 883. The van der Waals surface area contributed by atoms with Crippen LogP contribution in [0.3, 0.4) is 0 Å². The molecule has 1 heterocycles. The maximum absolute atomic E-state index is 12.6. The van der Waals surface area contributed by atoms with Crippen molar-refractivity contribution in [2.45, 2.75) is 19.3 Å². The van der Waals surface area contributed by atoms with Crippen molar-refractivity contribution in [2.75, 3.05) is 0 Å². The zero-order chi connectivity index (χ0) is 16.8. The molecule has 4 rings (SSSR count). The fraction of sp³-hybridized carbons (Fsp3) is 0.200. The lowest BCUT2D eigenvalue weighted by Crippen LogP contribution is -2.42. The fourth-order valence-electron chi connectivity index (χ4n) is 3.83. The first-order chi connectivity index (χ1) is 11.6. The van der Waals surface area contributed by atoms with Crippen molar-refractivity contribution in [3.8, 4) is 0 Å². The Hall–Kier alpha value is -2.39. The normalized spacial score (nSPS) is 22.0. The maximum atomic E-state index is 12.6. The second-order valence-electron chi connectivity index (χ2n) is 6.34. The minimum Gasteiger partial charge on any atom is -0.325 e. The number of nitrogens with one attached hydrogen (secondary N) is 1. The van der Waals surface area contributed by atoms with Gasteiger partial charge in [0.25, 0.3) is 0 Å². The van der Waals surface area contributed by atoms with Gasteiger partial charge in [-0.1, -0.05) is 48.0 Å². The minimum absolute atomic E-state index is 0.116. The Kier molecular flexibility index (Phi) is 3.54. The fourth-order valence-corrected chi connectivity index (χ4v) is 3.96. The lowest BCUT2D eigenvalue weighted by Gasteiger charge is -2.32. The van der Waals surface area contributed by atoms with Gasteiger partial charge in [-0.3, -0.25) is 9.59 Å². The molecular formula is C20H16ClNO2. The van der Waals surface area contributed by atoms with Gasteiger partial charge in [0.2, 0.25) is 5.91 Å². The van der Waals surface area contributed by atoms with E-state index in [-0.39, 0.29) is 17.6 Å². The third-order valence-corrected chi connectivity index (χ3v) is 5.15. The maximum Gasteiger partial charge on any atom is 0.235 e. The highest BCUT2D eigenvalue weighted by Crippen LogP contribution is 2.46. The third kappa shape index (κ3) is 2.28. The topological polar surface area (TPSA) is 46.2 Å². The first kappa shape index (κ1) is 15.2. The Morgan fingerprint density at radius 3 is 2.54 bits per heavy atom. The molecule has 0 radical (unpaired) electrons. The van der Waals surface area contributed by atoms with Crippen LogP contribution in [-0.4, -0.2) is 11.7 Å². The van der Waals surface area contributed by atoms with Crippen molar-refractivity contribution in [1.82, 2.24) is 5.32 Å². The Morgan fingerprint density at radius 1 is 1.12 bits per heavy atom. The van der Waals surface area contributed by atoms with E-state index in [1.165, 1.54) is 12.5 Å². The lowest BCUT2D eigenvalue weighted by atomic mass is 9.75. The SMILES string of the molecule is CC(=O)C1C(=O)NC2=C(Cc3ccccc32)C1c1ccc(Cl)cc1. The van der Waals surface area contributed by atoms with Crippen molar-refractivity contribution in [1.29, 1.82) is 0 Å². The quantitative estimate of drug-likeness (QED) is 0.849. The molecule has 0 spiro atoms. The van der Waals surface area contributed by atoms with Crippen LogP contribution < -0.4 is 5.32 Å². The summed E-state index contributed by atoms with van der Waals surface area (Å²) in [6.45, 7) is 1.49. The second-order valence-corrected chi connectivity index (χ2v) is 6.78. The van der Waals surface area contributed by atoms with Gasteiger partial charge < -0.3 is 5.32 Å². The van der Waals surface area contributed by atoms with Crippen LogP contribution >= 0.6 is 11.6 Å². The minimum atomic E-state index is -0.695. The van der Waals surface area contributed by atoms with E-state index in [0.29, 0.717) is 5.02 Å². The largest absolute Gasteiger partial charge is 0.325 e. The molecule has 0 saturated heterocycles. The van der Waals surface area contributed by atoms with Crippen molar-refractivity contribution in [2.24, 2.45) is 5.92 Å². The Labute approximate surface area is 145 Å². The van der Waals surface area contributed by atoms with Crippen LogP contribution in [0.4, 0.5) is 0 Å². The van der Waals surface area contributed by atoms with Gasteiger partial charge in [-0.15, -0.1) is 0 Å². The zero-order valence-electron chi connectivity index (χ0n) is 13.2. The lowest BCUT2D eigenvalue weighted by molar-refractivity contribution is -0.133. The number of hydrogen-bond acceptors (Lipinski definition) is 2. The molecule has 0 aromatic heterocycles. The number of carbonyl (C=O) groups excluding carboxylic acids is 2. The van der Waals surface area contributed by atoms with Gasteiger partial charge in [0.05, 0.1) is 0 Å². The summed E-state index contributed by atoms with van der Waals surface area (Å²) in [7, 11) is 0. The predicted molar refractivity (Wildman–Crippen MR) is 93.6 cm³/mol. The molecule has 1 amide bonds. The van der Waals surface area contributed by atoms with Crippen LogP contribution in [0.1, 0.15) is 29.5 Å².